The van der Waals surface area contributed by atoms with E-state index in [0.717, 1.165) is 19.5 Å². The number of allylic oxidation sites excluding steroid dienone is 1. The van der Waals surface area contributed by atoms with Gasteiger partial charge in [0.25, 0.3) is 5.91 Å². The molecule has 1 fully saturated rings. The minimum Gasteiger partial charge on any atom is -0.350 e. The Morgan fingerprint density at radius 3 is 2.71 bits per heavy atom. The van der Waals surface area contributed by atoms with Gasteiger partial charge in [0.1, 0.15) is 5.69 Å². The van der Waals surface area contributed by atoms with Crippen LogP contribution >= 0.6 is 0 Å². The maximum absolute atomic E-state index is 12.3. The first-order valence-corrected chi connectivity index (χ1v) is 9.37. The van der Waals surface area contributed by atoms with Gasteiger partial charge in [0.05, 0.1) is 0 Å². The molecule has 5 heteroatoms. The Morgan fingerprint density at radius 2 is 1.96 bits per heavy atom. The lowest BCUT2D eigenvalue weighted by Crippen LogP contribution is -2.29. The van der Waals surface area contributed by atoms with Crippen molar-refractivity contribution in [1.29, 1.82) is 0 Å². The third-order valence-corrected chi connectivity index (χ3v) is 4.88. The lowest BCUT2D eigenvalue weighted by Gasteiger charge is -2.20. The van der Waals surface area contributed by atoms with Gasteiger partial charge >= 0.3 is 0 Å². The van der Waals surface area contributed by atoms with E-state index in [-0.39, 0.29) is 5.91 Å². The minimum atomic E-state index is -0.0927. The summed E-state index contributed by atoms with van der Waals surface area (Å²) >= 11 is 0. The molecule has 5 nitrogen and oxygen atoms in total. The quantitative estimate of drug-likeness (QED) is 0.841. The van der Waals surface area contributed by atoms with Crippen molar-refractivity contribution >= 4 is 11.9 Å². The van der Waals surface area contributed by atoms with Crippen molar-refractivity contribution in [2.75, 3.05) is 24.5 Å². The van der Waals surface area contributed by atoms with Crippen LogP contribution < -0.4 is 10.2 Å². The number of hydrogen-bond donors (Lipinski definition) is 1. The molecule has 0 saturated carbocycles. The van der Waals surface area contributed by atoms with E-state index in [9.17, 15) is 4.79 Å². The smallest absolute Gasteiger partial charge is 0.270 e. The predicted octanol–water partition coefficient (Wildman–Crippen LogP) is 3.48. The van der Waals surface area contributed by atoms with E-state index in [1.807, 2.05) is 0 Å². The van der Waals surface area contributed by atoms with Gasteiger partial charge in [-0.25, -0.2) is 9.97 Å². The maximum Gasteiger partial charge on any atom is 0.270 e. The molecule has 0 spiro atoms. The van der Waals surface area contributed by atoms with E-state index < -0.39 is 0 Å². The number of aromatic nitrogens is 2. The van der Waals surface area contributed by atoms with Crippen molar-refractivity contribution in [1.82, 2.24) is 15.3 Å². The average Bonchev–Trinajstić information content (AvgIpc) is 2.92. The minimum absolute atomic E-state index is 0.0927. The Morgan fingerprint density at radius 1 is 1.12 bits per heavy atom. The molecule has 2 heterocycles. The molecule has 1 saturated heterocycles. The molecule has 1 N–H and O–H groups in total. The topological polar surface area (TPSA) is 58.1 Å². The highest BCUT2D eigenvalue weighted by atomic mass is 16.1. The third kappa shape index (κ3) is 4.79. The lowest BCUT2D eigenvalue weighted by molar-refractivity contribution is 0.0949. The molecule has 1 aromatic heterocycles. The summed E-state index contributed by atoms with van der Waals surface area (Å²) in [5.74, 6) is 0.601. The van der Waals surface area contributed by atoms with E-state index in [1.165, 1.54) is 56.9 Å². The van der Waals surface area contributed by atoms with Gasteiger partial charge in [0, 0.05) is 25.8 Å². The monoisotopic (exact) mass is 328 g/mol. The van der Waals surface area contributed by atoms with Crippen molar-refractivity contribution in [3.63, 3.8) is 0 Å². The Kier molecular flexibility index (Phi) is 6.21. The van der Waals surface area contributed by atoms with Crippen LogP contribution in [-0.4, -0.2) is 35.5 Å². The fourth-order valence-corrected chi connectivity index (χ4v) is 3.46. The van der Waals surface area contributed by atoms with Gasteiger partial charge in [0.2, 0.25) is 5.95 Å². The van der Waals surface area contributed by atoms with Crippen LogP contribution in [0.5, 0.6) is 0 Å². The van der Waals surface area contributed by atoms with E-state index in [0.29, 0.717) is 18.2 Å². The molecule has 3 rings (SSSR count). The third-order valence-electron chi connectivity index (χ3n) is 4.88. The van der Waals surface area contributed by atoms with E-state index in [2.05, 4.69) is 26.3 Å². The first-order valence-electron chi connectivity index (χ1n) is 9.37. The van der Waals surface area contributed by atoms with Gasteiger partial charge < -0.3 is 10.2 Å². The van der Waals surface area contributed by atoms with E-state index >= 15 is 0 Å². The summed E-state index contributed by atoms with van der Waals surface area (Å²) in [6, 6.07) is 1.70. The zero-order valence-corrected chi connectivity index (χ0v) is 14.5. The predicted molar refractivity (Wildman–Crippen MR) is 96.2 cm³/mol. The second-order valence-corrected chi connectivity index (χ2v) is 6.76. The molecular formula is C19H28N4O. The second kappa shape index (κ2) is 8.81. The van der Waals surface area contributed by atoms with E-state index in [1.54, 1.807) is 12.3 Å². The SMILES string of the molecule is O=C(NCCC1=CCCCC1)c1ccnc(N2CCCCCC2)n1. The van der Waals surface area contributed by atoms with Gasteiger partial charge in [0.15, 0.2) is 0 Å². The highest BCUT2D eigenvalue weighted by Crippen LogP contribution is 2.19. The summed E-state index contributed by atoms with van der Waals surface area (Å²) in [4.78, 5) is 23.4. The largest absolute Gasteiger partial charge is 0.350 e. The van der Waals surface area contributed by atoms with Crippen LogP contribution in [-0.2, 0) is 0 Å². The zero-order chi connectivity index (χ0) is 16.6. The van der Waals surface area contributed by atoms with Crippen LogP contribution in [0, 0.1) is 0 Å². The lowest BCUT2D eigenvalue weighted by atomic mass is 9.97. The first-order chi connectivity index (χ1) is 11.8. The molecule has 1 aliphatic heterocycles. The Labute approximate surface area is 144 Å². The van der Waals surface area contributed by atoms with Crippen molar-refractivity contribution in [2.24, 2.45) is 0 Å². The Bertz CT molecular complexity index is 576. The molecule has 0 aromatic carbocycles. The number of carbonyl (C=O) groups excluding carboxylic acids is 1. The van der Waals surface area contributed by atoms with Gasteiger partial charge in [-0.1, -0.05) is 24.5 Å². The van der Waals surface area contributed by atoms with Crippen LogP contribution in [0.3, 0.4) is 0 Å². The highest BCUT2D eigenvalue weighted by molar-refractivity contribution is 5.92. The number of hydrogen-bond acceptors (Lipinski definition) is 4. The van der Waals surface area contributed by atoms with Gasteiger partial charge in [-0.05, 0) is 51.0 Å². The second-order valence-electron chi connectivity index (χ2n) is 6.76. The molecule has 0 unspecified atom stereocenters. The summed E-state index contributed by atoms with van der Waals surface area (Å²) in [5, 5.41) is 3.00. The van der Waals surface area contributed by atoms with Crippen molar-refractivity contribution < 1.29 is 4.79 Å². The van der Waals surface area contributed by atoms with Crippen molar-refractivity contribution in [2.45, 2.75) is 57.8 Å². The summed E-state index contributed by atoms with van der Waals surface area (Å²) < 4.78 is 0. The van der Waals surface area contributed by atoms with Crippen LogP contribution in [0.15, 0.2) is 23.9 Å². The van der Waals surface area contributed by atoms with Crippen molar-refractivity contribution in [3.05, 3.63) is 29.6 Å². The van der Waals surface area contributed by atoms with Crippen LogP contribution in [0.2, 0.25) is 0 Å². The summed E-state index contributed by atoms with van der Waals surface area (Å²) in [5.41, 5.74) is 1.95. The fraction of sp³-hybridized carbons (Fsp3) is 0.632. The van der Waals surface area contributed by atoms with Crippen molar-refractivity contribution in [3.8, 4) is 0 Å². The summed E-state index contributed by atoms with van der Waals surface area (Å²) in [6.45, 7) is 2.66. The standard InChI is InChI=1S/C19H28N4O/c24-18(20-12-10-16-8-4-3-5-9-16)17-11-13-21-19(22-17)23-14-6-1-2-7-15-23/h8,11,13H,1-7,9-10,12,14-15H2,(H,20,24). The van der Waals surface area contributed by atoms with E-state index in [4.69, 9.17) is 0 Å². The molecule has 24 heavy (non-hydrogen) atoms. The number of amides is 1. The normalized spacial score (nSPS) is 18.7. The Hall–Kier alpha value is -1.91. The number of nitrogens with one attached hydrogen (secondary N) is 1. The van der Waals surface area contributed by atoms with Gasteiger partial charge in [-0.2, -0.15) is 0 Å². The number of nitrogens with zero attached hydrogens (tertiary/aromatic N) is 3. The maximum atomic E-state index is 12.3. The summed E-state index contributed by atoms with van der Waals surface area (Å²) in [6.07, 6.45) is 14.8. The zero-order valence-electron chi connectivity index (χ0n) is 14.5. The average molecular weight is 328 g/mol. The first kappa shape index (κ1) is 16.9. The molecule has 1 amide bonds. The van der Waals surface area contributed by atoms with Crippen LogP contribution in [0.4, 0.5) is 5.95 Å². The number of carbonyl (C=O) groups is 1. The molecule has 0 bridgehead atoms. The highest BCUT2D eigenvalue weighted by Gasteiger charge is 2.15. The fourth-order valence-electron chi connectivity index (χ4n) is 3.46. The molecule has 1 aromatic rings. The molecule has 0 radical (unpaired) electrons. The molecule has 1 aliphatic carbocycles. The number of rotatable bonds is 5. The van der Waals surface area contributed by atoms with Crippen LogP contribution in [0.25, 0.3) is 0 Å². The Balaban J connectivity index is 1.54. The number of anilines is 1. The van der Waals surface area contributed by atoms with Gasteiger partial charge in [-0.3, -0.25) is 4.79 Å². The van der Waals surface area contributed by atoms with Gasteiger partial charge in [-0.15, -0.1) is 0 Å². The van der Waals surface area contributed by atoms with Crippen LogP contribution in [0.1, 0.15) is 68.3 Å². The molecular weight excluding hydrogens is 300 g/mol. The molecule has 0 atom stereocenters. The molecule has 130 valence electrons. The summed E-state index contributed by atoms with van der Waals surface area (Å²) in [7, 11) is 0. The molecule has 2 aliphatic rings.